The molecule has 1 aliphatic rings. The molecule has 88 valence electrons. The van der Waals surface area contributed by atoms with Crippen molar-refractivity contribution in [1.82, 2.24) is 0 Å². The van der Waals surface area contributed by atoms with Gasteiger partial charge in [0, 0.05) is 0 Å². The Labute approximate surface area is 96.0 Å². The van der Waals surface area contributed by atoms with E-state index in [0.29, 0.717) is 6.10 Å². The average Bonchev–Trinajstić information content (AvgIpc) is 2.59. The molecule has 0 bridgehead atoms. The van der Waals surface area contributed by atoms with Crippen molar-refractivity contribution in [2.24, 2.45) is 0 Å². The lowest BCUT2D eigenvalue weighted by Gasteiger charge is -2.25. The fourth-order valence-electron chi connectivity index (χ4n) is 2.34. The first-order chi connectivity index (χ1) is 7.16. The third kappa shape index (κ3) is 4.98. The van der Waals surface area contributed by atoms with Crippen molar-refractivity contribution in [2.45, 2.75) is 70.7 Å². The van der Waals surface area contributed by atoms with Gasteiger partial charge in [-0.1, -0.05) is 44.8 Å². The normalized spacial score (nSPS) is 22.3. The maximum Gasteiger partial charge on any atom is 0.190 e. The molecule has 0 aromatic rings. The summed E-state index contributed by atoms with van der Waals surface area (Å²) in [6.45, 7) is 6.83. The fraction of sp³-hybridized carbons (Fsp3) is 0.846. The van der Waals surface area contributed by atoms with Crippen LogP contribution in [-0.2, 0) is 4.43 Å². The quantitative estimate of drug-likeness (QED) is 0.368. The molecule has 0 aromatic carbocycles. The first-order valence-corrected chi connectivity index (χ1v) is 9.33. The van der Waals surface area contributed by atoms with Crippen LogP contribution < -0.4 is 0 Å². The molecule has 0 radical (unpaired) electrons. The molecule has 1 aliphatic heterocycles. The summed E-state index contributed by atoms with van der Waals surface area (Å²) < 4.78 is 6.23. The van der Waals surface area contributed by atoms with Crippen LogP contribution in [0.5, 0.6) is 0 Å². The molecule has 1 rings (SSSR count). The van der Waals surface area contributed by atoms with Gasteiger partial charge in [-0.15, -0.1) is 0 Å². The Hall–Kier alpha value is -0.0831. The van der Waals surface area contributed by atoms with Gasteiger partial charge in [0.1, 0.15) is 0 Å². The van der Waals surface area contributed by atoms with E-state index in [4.69, 9.17) is 4.43 Å². The van der Waals surface area contributed by atoms with E-state index in [1.54, 1.807) is 0 Å². The molecule has 0 aromatic heterocycles. The Morgan fingerprint density at radius 3 is 2.60 bits per heavy atom. The van der Waals surface area contributed by atoms with Gasteiger partial charge in [0.25, 0.3) is 0 Å². The van der Waals surface area contributed by atoms with Crippen molar-refractivity contribution in [3.63, 3.8) is 0 Å². The molecule has 0 saturated carbocycles. The first kappa shape index (κ1) is 13.0. The SMILES string of the molecule is CCCC/C=C/C(C)O[Si]1(C)CCCC1. The van der Waals surface area contributed by atoms with Crippen LogP contribution in [0.25, 0.3) is 0 Å². The summed E-state index contributed by atoms with van der Waals surface area (Å²) >= 11 is 0. The predicted octanol–water partition coefficient (Wildman–Crippen LogP) is 4.51. The minimum absolute atomic E-state index is 0.344. The summed E-state index contributed by atoms with van der Waals surface area (Å²) in [7, 11) is -1.27. The largest absolute Gasteiger partial charge is 0.411 e. The molecule has 15 heavy (non-hydrogen) atoms. The van der Waals surface area contributed by atoms with Crippen molar-refractivity contribution in [3.05, 3.63) is 12.2 Å². The zero-order chi connectivity index (χ0) is 11.1. The maximum atomic E-state index is 6.23. The predicted molar refractivity (Wildman–Crippen MR) is 69.7 cm³/mol. The molecule has 1 unspecified atom stereocenters. The number of rotatable bonds is 6. The molecule has 1 heterocycles. The van der Waals surface area contributed by atoms with Gasteiger partial charge in [-0.2, -0.15) is 0 Å². The summed E-state index contributed by atoms with van der Waals surface area (Å²) in [5.74, 6) is 0. The monoisotopic (exact) mass is 226 g/mol. The number of hydrogen-bond acceptors (Lipinski definition) is 1. The smallest absolute Gasteiger partial charge is 0.190 e. The second-order valence-corrected chi connectivity index (χ2v) is 9.19. The standard InChI is InChI=1S/C13H26OSi/c1-4-5-6-7-10-13(2)14-15(3)11-8-9-12-15/h7,10,13H,4-6,8-9,11-12H2,1-3H3/b10-7+. The van der Waals surface area contributed by atoms with Crippen LogP contribution in [0.1, 0.15) is 46.0 Å². The molecule has 0 N–H and O–H groups in total. The summed E-state index contributed by atoms with van der Waals surface area (Å²) in [5.41, 5.74) is 0. The number of hydrogen-bond donors (Lipinski definition) is 0. The van der Waals surface area contributed by atoms with Crippen molar-refractivity contribution in [1.29, 1.82) is 0 Å². The third-order valence-electron chi connectivity index (χ3n) is 3.26. The molecule has 0 amide bonds. The topological polar surface area (TPSA) is 9.23 Å². The number of unbranched alkanes of at least 4 members (excludes halogenated alkanes) is 2. The summed E-state index contributed by atoms with van der Waals surface area (Å²) in [6, 6.07) is 2.75. The van der Waals surface area contributed by atoms with E-state index in [1.807, 2.05) is 0 Å². The summed E-state index contributed by atoms with van der Waals surface area (Å²) in [5, 5.41) is 0. The second-order valence-electron chi connectivity index (χ2n) is 5.05. The average molecular weight is 226 g/mol. The van der Waals surface area contributed by atoms with Gasteiger partial charge >= 0.3 is 0 Å². The molecule has 1 saturated heterocycles. The minimum Gasteiger partial charge on any atom is -0.411 e. The van der Waals surface area contributed by atoms with Crippen LogP contribution in [0.2, 0.25) is 18.6 Å². The van der Waals surface area contributed by atoms with Crippen LogP contribution >= 0.6 is 0 Å². The van der Waals surface area contributed by atoms with Crippen LogP contribution in [-0.4, -0.2) is 14.4 Å². The molecule has 0 spiro atoms. The lowest BCUT2D eigenvalue weighted by atomic mass is 10.2. The van der Waals surface area contributed by atoms with E-state index in [2.05, 4.69) is 32.5 Å². The zero-order valence-corrected chi connectivity index (χ0v) is 11.6. The van der Waals surface area contributed by atoms with E-state index < -0.39 is 8.32 Å². The Morgan fingerprint density at radius 2 is 2.00 bits per heavy atom. The van der Waals surface area contributed by atoms with Gasteiger partial charge in [-0.3, -0.25) is 0 Å². The van der Waals surface area contributed by atoms with Gasteiger partial charge < -0.3 is 4.43 Å². The van der Waals surface area contributed by atoms with Crippen LogP contribution in [0, 0.1) is 0 Å². The lowest BCUT2D eigenvalue weighted by molar-refractivity contribution is 0.258. The molecule has 0 aliphatic carbocycles. The zero-order valence-electron chi connectivity index (χ0n) is 10.6. The van der Waals surface area contributed by atoms with Crippen molar-refractivity contribution >= 4 is 8.32 Å². The van der Waals surface area contributed by atoms with Gasteiger partial charge in [-0.25, -0.2) is 0 Å². The summed E-state index contributed by atoms with van der Waals surface area (Å²) in [4.78, 5) is 0. The van der Waals surface area contributed by atoms with Crippen LogP contribution in [0.15, 0.2) is 12.2 Å². The van der Waals surface area contributed by atoms with Crippen molar-refractivity contribution < 1.29 is 4.43 Å². The lowest BCUT2D eigenvalue weighted by Crippen LogP contribution is -2.33. The molecule has 1 atom stereocenters. The fourth-order valence-corrected chi connectivity index (χ4v) is 5.80. The first-order valence-electron chi connectivity index (χ1n) is 6.51. The second kappa shape index (κ2) is 6.49. The Balaban J connectivity index is 2.22. The highest BCUT2D eigenvalue weighted by atomic mass is 28.4. The highest BCUT2D eigenvalue weighted by Gasteiger charge is 2.33. The molecular weight excluding hydrogens is 200 g/mol. The summed E-state index contributed by atoms with van der Waals surface area (Å²) in [6.07, 6.45) is 11.5. The van der Waals surface area contributed by atoms with E-state index in [-0.39, 0.29) is 0 Å². The molecular formula is C13H26OSi. The molecule has 2 heteroatoms. The van der Waals surface area contributed by atoms with Crippen molar-refractivity contribution in [2.75, 3.05) is 0 Å². The minimum atomic E-state index is -1.27. The highest BCUT2D eigenvalue weighted by Crippen LogP contribution is 2.31. The third-order valence-corrected chi connectivity index (χ3v) is 7.03. The highest BCUT2D eigenvalue weighted by molar-refractivity contribution is 6.73. The van der Waals surface area contributed by atoms with Gasteiger partial charge in [0.2, 0.25) is 0 Å². The molecule has 1 fully saturated rings. The Kier molecular flexibility index (Phi) is 5.62. The Morgan fingerprint density at radius 1 is 1.33 bits per heavy atom. The van der Waals surface area contributed by atoms with Crippen molar-refractivity contribution in [3.8, 4) is 0 Å². The maximum absolute atomic E-state index is 6.23. The number of allylic oxidation sites excluding steroid dienone is 1. The van der Waals surface area contributed by atoms with E-state index in [9.17, 15) is 0 Å². The van der Waals surface area contributed by atoms with Gasteiger partial charge in [-0.05, 0) is 32.0 Å². The van der Waals surface area contributed by atoms with E-state index in [0.717, 1.165) is 0 Å². The van der Waals surface area contributed by atoms with Gasteiger partial charge in [0.05, 0.1) is 6.10 Å². The van der Waals surface area contributed by atoms with E-state index >= 15 is 0 Å². The Bertz CT molecular complexity index is 195. The molecule has 1 nitrogen and oxygen atoms in total. The van der Waals surface area contributed by atoms with Gasteiger partial charge in [0.15, 0.2) is 8.32 Å². The van der Waals surface area contributed by atoms with Crippen LogP contribution in [0.3, 0.4) is 0 Å². The van der Waals surface area contributed by atoms with Crippen LogP contribution in [0.4, 0.5) is 0 Å². The van der Waals surface area contributed by atoms with E-state index in [1.165, 1.54) is 44.2 Å².